The largest absolute Gasteiger partial charge is 0.353 e. The molecule has 2 atom stereocenters. The van der Waals surface area contributed by atoms with Crippen molar-refractivity contribution in [3.8, 4) is 0 Å². The molecule has 2 rings (SSSR count). The molecule has 0 bridgehead atoms. The van der Waals surface area contributed by atoms with Gasteiger partial charge in [0.1, 0.15) is 0 Å². The Morgan fingerprint density at radius 2 is 2.12 bits per heavy atom. The number of imide groups is 1. The van der Waals surface area contributed by atoms with Crippen molar-refractivity contribution in [1.82, 2.24) is 16.0 Å². The number of carbonyl (C=O) groups excluding carboxylic acids is 3. The molecule has 0 aromatic carbocycles. The first-order valence-corrected chi connectivity index (χ1v) is 5.47. The smallest absolute Gasteiger partial charge is 0.321 e. The highest BCUT2D eigenvalue weighted by Crippen LogP contribution is 2.20. The molecule has 3 N–H and O–H groups in total. The van der Waals surface area contributed by atoms with Gasteiger partial charge < -0.3 is 10.6 Å². The Kier molecular flexibility index (Phi) is 2.80. The quantitative estimate of drug-likeness (QED) is 0.605. The molecule has 0 spiro atoms. The third-order valence-electron chi connectivity index (χ3n) is 2.88. The second kappa shape index (κ2) is 4.11. The molecular formula is C10H15N3O3. The van der Waals surface area contributed by atoms with Crippen LogP contribution in [0.5, 0.6) is 0 Å². The van der Waals surface area contributed by atoms with Gasteiger partial charge in [-0.05, 0) is 19.8 Å². The highest BCUT2D eigenvalue weighted by molar-refractivity contribution is 6.00. The van der Waals surface area contributed by atoms with E-state index in [2.05, 4.69) is 16.0 Å². The molecule has 2 fully saturated rings. The van der Waals surface area contributed by atoms with Crippen LogP contribution in [0.4, 0.5) is 4.79 Å². The molecule has 1 saturated heterocycles. The fourth-order valence-corrected chi connectivity index (χ4v) is 1.76. The summed E-state index contributed by atoms with van der Waals surface area (Å²) in [4.78, 5) is 34.0. The highest BCUT2D eigenvalue weighted by Gasteiger charge is 2.35. The van der Waals surface area contributed by atoms with Crippen LogP contribution in [-0.4, -0.2) is 29.9 Å². The highest BCUT2D eigenvalue weighted by atomic mass is 16.2. The molecule has 0 radical (unpaired) electrons. The first-order chi connectivity index (χ1) is 7.56. The van der Waals surface area contributed by atoms with E-state index in [0.29, 0.717) is 6.04 Å². The molecule has 0 aromatic heterocycles. The number of nitrogens with one attached hydrogen (secondary N) is 3. The van der Waals surface area contributed by atoms with Crippen LogP contribution in [0, 0.1) is 5.92 Å². The van der Waals surface area contributed by atoms with E-state index >= 15 is 0 Å². The Morgan fingerprint density at radius 3 is 2.69 bits per heavy atom. The lowest BCUT2D eigenvalue weighted by Crippen LogP contribution is -2.57. The van der Waals surface area contributed by atoms with Gasteiger partial charge in [0.25, 0.3) is 0 Å². The minimum atomic E-state index is -0.489. The first-order valence-electron chi connectivity index (χ1n) is 5.47. The second-order valence-electron chi connectivity index (χ2n) is 4.40. The minimum absolute atomic E-state index is 0.120. The molecule has 6 heteroatoms. The van der Waals surface area contributed by atoms with Crippen LogP contribution in [0.25, 0.3) is 0 Å². The Hall–Kier alpha value is -1.59. The number of urea groups is 1. The maximum atomic E-state index is 11.5. The molecule has 16 heavy (non-hydrogen) atoms. The number of hydrogen-bond acceptors (Lipinski definition) is 3. The van der Waals surface area contributed by atoms with Crippen LogP contribution < -0.4 is 16.0 Å². The summed E-state index contributed by atoms with van der Waals surface area (Å²) in [5.41, 5.74) is 0. The standard InChI is InChI=1S/C10H15N3O3/c1-5-7(9(15)13-10(16)11-5)4-8(14)12-6-2-3-6/h5-7H,2-4H2,1H3,(H,12,14)(H2,11,13,15,16). The lowest BCUT2D eigenvalue weighted by atomic mass is 9.94. The van der Waals surface area contributed by atoms with Crippen LogP contribution in [-0.2, 0) is 9.59 Å². The van der Waals surface area contributed by atoms with Gasteiger partial charge in [-0.3, -0.25) is 14.9 Å². The fraction of sp³-hybridized carbons (Fsp3) is 0.700. The van der Waals surface area contributed by atoms with Crippen LogP contribution in [0.2, 0.25) is 0 Å². The first kappa shape index (κ1) is 10.9. The number of rotatable bonds is 3. The van der Waals surface area contributed by atoms with E-state index in [-0.39, 0.29) is 24.3 Å². The van der Waals surface area contributed by atoms with Crippen molar-refractivity contribution >= 4 is 17.8 Å². The van der Waals surface area contributed by atoms with Crippen molar-refractivity contribution in [3.63, 3.8) is 0 Å². The number of hydrogen-bond donors (Lipinski definition) is 3. The van der Waals surface area contributed by atoms with E-state index < -0.39 is 11.9 Å². The molecule has 88 valence electrons. The molecule has 0 aromatic rings. The van der Waals surface area contributed by atoms with E-state index in [9.17, 15) is 14.4 Å². The van der Waals surface area contributed by atoms with E-state index in [1.165, 1.54) is 0 Å². The van der Waals surface area contributed by atoms with E-state index in [1.54, 1.807) is 6.92 Å². The third kappa shape index (κ3) is 2.50. The summed E-state index contributed by atoms with van der Waals surface area (Å²) in [5.74, 6) is -0.968. The van der Waals surface area contributed by atoms with Crippen molar-refractivity contribution in [3.05, 3.63) is 0 Å². The molecule has 1 heterocycles. The normalized spacial score (nSPS) is 29.3. The maximum absolute atomic E-state index is 11.5. The van der Waals surface area contributed by atoms with Gasteiger partial charge in [0.2, 0.25) is 11.8 Å². The average molecular weight is 225 g/mol. The van der Waals surface area contributed by atoms with E-state index in [0.717, 1.165) is 12.8 Å². The van der Waals surface area contributed by atoms with Gasteiger partial charge in [-0.15, -0.1) is 0 Å². The lowest BCUT2D eigenvalue weighted by molar-refractivity contribution is -0.131. The van der Waals surface area contributed by atoms with Crippen LogP contribution in [0.3, 0.4) is 0 Å². The average Bonchev–Trinajstić information content (AvgIpc) is 2.95. The zero-order chi connectivity index (χ0) is 11.7. The molecule has 1 aliphatic heterocycles. The number of carbonyl (C=O) groups is 3. The van der Waals surface area contributed by atoms with E-state index in [4.69, 9.17) is 0 Å². The van der Waals surface area contributed by atoms with E-state index in [1.807, 2.05) is 0 Å². The summed E-state index contributed by atoms with van der Waals surface area (Å²) in [6, 6.07) is -0.494. The summed E-state index contributed by atoms with van der Waals surface area (Å²) in [6.07, 6.45) is 2.17. The zero-order valence-corrected chi connectivity index (χ0v) is 9.08. The summed E-state index contributed by atoms with van der Waals surface area (Å²) in [7, 11) is 0. The predicted molar refractivity (Wildman–Crippen MR) is 55.4 cm³/mol. The zero-order valence-electron chi connectivity index (χ0n) is 9.08. The third-order valence-corrected chi connectivity index (χ3v) is 2.88. The summed E-state index contributed by atoms with van der Waals surface area (Å²) in [6.45, 7) is 1.73. The predicted octanol–water partition coefficient (Wildman–Crippen LogP) is -0.501. The minimum Gasteiger partial charge on any atom is -0.353 e. The Balaban J connectivity index is 1.89. The van der Waals surface area contributed by atoms with Gasteiger partial charge in [0.15, 0.2) is 0 Å². The van der Waals surface area contributed by atoms with Gasteiger partial charge in [-0.1, -0.05) is 0 Å². The van der Waals surface area contributed by atoms with Gasteiger partial charge in [-0.2, -0.15) is 0 Å². The van der Waals surface area contributed by atoms with Gasteiger partial charge in [0, 0.05) is 18.5 Å². The number of amides is 4. The lowest BCUT2D eigenvalue weighted by Gasteiger charge is -2.28. The van der Waals surface area contributed by atoms with Gasteiger partial charge in [0.05, 0.1) is 5.92 Å². The van der Waals surface area contributed by atoms with Crippen LogP contribution in [0.1, 0.15) is 26.2 Å². The Morgan fingerprint density at radius 1 is 1.44 bits per heavy atom. The molecule has 6 nitrogen and oxygen atoms in total. The van der Waals surface area contributed by atoms with Crippen LogP contribution >= 0.6 is 0 Å². The topological polar surface area (TPSA) is 87.3 Å². The monoisotopic (exact) mass is 225 g/mol. The summed E-state index contributed by atoms with van der Waals surface area (Å²) >= 11 is 0. The van der Waals surface area contributed by atoms with Gasteiger partial charge in [-0.25, -0.2) is 4.79 Å². The maximum Gasteiger partial charge on any atom is 0.321 e. The molecular weight excluding hydrogens is 210 g/mol. The fourth-order valence-electron chi connectivity index (χ4n) is 1.76. The molecule has 2 unspecified atom stereocenters. The van der Waals surface area contributed by atoms with Crippen molar-refractivity contribution in [1.29, 1.82) is 0 Å². The Labute approximate surface area is 93.1 Å². The SMILES string of the molecule is CC1NC(=O)NC(=O)C1CC(=O)NC1CC1. The van der Waals surface area contributed by atoms with Crippen molar-refractivity contribution in [2.24, 2.45) is 5.92 Å². The molecule has 2 aliphatic rings. The van der Waals surface area contributed by atoms with Gasteiger partial charge >= 0.3 is 6.03 Å². The van der Waals surface area contributed by atoms with Crippen LogP contribution in [0.15, 0.2) is 0 Å². The second-order valence-corrected chi connectivity index (χ2v) is 4.40. The summed E-state index contributed by atoms with van der Waals surface area (Å²) in [5, 5.41) is 7.57. The van der Waals surface area contributed by atoms with Crippen molar-refractivity contribution in [2.45, 2.75) is 38.3 Å². The molecule has 1 aliphatic carbocycles. The summed E-state index contributed by atoms with van der Waals surface area (Å²) < 4.78 is 0. The Bertz CT molecular complexity index is 338. The molecule has 1 saturated carbocycles. The van der Waals surface area contributed by atoms with Crippen molar-refractivity contribution < 1.29 is 14.4 Å². The van der Waals surface area contributed by atoms with Crippen molar-refractivity contribution in [2.75, 3.05) is 0 Å². The molecule has 4 amide bonds.